The zero-order chi connectivity index (χ0) is 15.6. The maximum Gasteiger partial charge on any atom is 0.0568 e. The van der Waals surface area contributed by atoms with E-state index in [1.54, 1.807) is 0 Å². The molecule has 0 spiro atoms. The van der Waals surface area contributed by atoms with E-state index in [0.717, 1.165) is 12.8 Å². The maximum atomic E-state index is 4.52. The molecule has 0 aliphatic carbocycles. The Morgan fingerprint density at radius 1 is 1.00 bits per heavy atom. The van der Waals surface area contributed by atoms with Crippen molar-refractivity contribution < 1.29 is 21.1 Å². The predicted molar refractivity (Wildman–Crippen MR) is 90.9 cm³/mol. The van der Waals surface area contributed by atoms with E-state index in [4.69, 9.17) is 0 Å². The second-order valence-electron chi connectivity index (χ2n) is 6.38. The number of aryl methyl sites for hydroxylation is 2. The van der Waals surface area contributed by atoms with Gasteiger partial charge in [-0.3, -0.25) is 4.68 Å². The van der Waals surface area contributed by atoms with Crippen LogP contribution in [0.1, 0.15) is 70.2 Å². The standard InChI is InChI=1S/C19H28N2.Pt/c1-7-15-9-17(13(3)4)10-16(8-2)19(15)18-11-20-21(12-18)14(5)6;/h9-14H,7-8H2,1-6H3;. The predicted octanol–water partition coefficient (Wildman–Crippen LogP) is 5.38. The Labute approximate surface area is 149 Å². The minimum absolute atomic E-state index is 0. The van der Waals surface area contributed by atoms with Crippen molar-refractivity contribution in [2.24, 2.45) is 0 Å². The zero-order valence-corrected chi connectivity index (χ0v) is 16.9. The molecule has 0 saturated carbocycles. The molecule has 0 N–H and O–H groups in total. The Morgan fingerprint density at radius 3 is 1.91 bits per heavy atom. The molecule has 3 heteroatoms. The van der Waals surface area contributed by atoms with Crippen molar-refractivity contribution in [3.63, 3.8) is 0 Å². The summed E-state index contributed by atoms with van der Waals surface area (Å²) in [6.07, 6.45) is 6.33. The van der Waals surface area contributed by atoms with Crippen molar-refractivity contribution in [2.75, 3.05) is 0 Å². The van der Waals surface area contributed by atoms with Crippen molar-refractivity contribution in [2.45, 2.75) is 66.3 Å². The molecular weight excluding hydrogens is 451 g/mol. The van der Waals surface area contributed by atoms with Gasteiger partial charge in [0.1, 0.15) is 0 Å². The van der Waals surface area contributed by atoms with E-state index in [0.29, 0.717) is 12.0 Å². The van der Waals surface area contributed by atoms with E-state index in [-0.39, 0.29) is 21.1 Å². The first kappa shape index (κ1) is 19.2. The SMILES string of the molecule is CCc1cc(C(C)C)cc(CC)c1-c1cnn(C(C)C)c1.[Pt]. The van der Waals surface area contributed by atoms with Gasteiger partial charge in [-0.05, 0) is 54.9 Å². The number of hydrogen-bond donors (Lipinski definition) is 0. The summed E-state index contributed by atoms with van der Waals surface area (Å²) >= 11 is 0. The summed E-state index contributed by atoms with van der Waals surface area (Å²) in [5.41, 5.74) is 7.00. The van der Waals surface area contributed by atoms with Gasteiger partial charge in [0.05, 0.1) is 6.20 Å². The molecule has 124 valence electrons. The van der Waals surface area contributed by atoms with E-state index in [1.807, 2.05) is 10.9 Å². The average Bonchev–Trinajstić information content (AvgIpc) is 2.95. The van der Waals surface area contributed by atoms with Gasteiger partial charge < -0.3 is 0 Å². The minimum Gasteiger partial charge on any atom is -0.270 e. The molecule has 1 aromatic carbocycles. The van der Waals surface area contributed by atoms with Gasteiger partial charge in [-0.1, -0.05) is 39.8 Å². The first-order valence-corrected chi connectivity index (χ1v) is 8.18. The second kappa shape index (κ2) is 8.11. The summed E-state index contributed by atoms with van der Waals surface area (Å²) in [6.45, 7) is 13.4. The molecule has 0 aliphatic heterocycles. The van der Waals surface area contributed by atoms with Crippen molar-refractivity contribution in [1.29, 1.82) is 0 Å². The molecule has 1 aromatic heterocycles. The molecule has 0 radical (unpaired) electrons. The fourth-order valence-electron chi connectivity index (χ4n) is 2.81. The van der Waals surface area contributed by atoms with Gasteiger partial charge in [-0.2, -0.15) is 5.10 Å². The first-order chi connectivity index (χ1) is 9.97. The van der Waals surface area contributed by atoms with Crippen LogP contribution in [0.4, 0.5) is 0 Å². The van der Waals surface area contributed by atoms with Crippen LogP contribution in [0.2, 0.25) is 0 Å². The molecule has 0 saturated heterocycles. The summed E-state index contributed by atoms with van der Waals surface area (Å²) in [4.78, 5) is 0. The van der Waals surface area contributed by atoms with Crippen LogP contribution in [0, 0.1) is 0 Å². The Hall–Kier alpha value is -0.882. The Bertz CT molecular complexity index is 587. The van der Waals surface area contributed by atoms with Crippen LogP contribution in [0.5, 0.6) is 0 Å². The van der Waals surface area contributed by atoms with Gasteiger partial charge in [0.25, 0.3) is 0 Å². The van der Waals surface area contributed by atoms with Gasteiger partial charge >= 0.3 is 0 Å². The van der Waals surface area contributed by atoms with Crippen LogP contribution < -0.4 is 0 Å². The largest absolute Gasteiger partial charge is 0.270 e. The van der Waals surface area contributed by atoms with E-state index in [1.165, 1.54) is 27.8 Å². The first-order valence-electron chi connectivity index (χ1n) is 8.18. The van der Waals surface area contributed by atoms with Crippen molar-refractivity contribution >= 4 is 0 Å². The number of rotatable bonds is 5. The van der Waals surface area contributed by atoms with Gasteiger partial charge in [0, 0.05) is 38.9 Å². The van der Waals surface area contributed by atoms with Crippen molar-refractivity contribution in [3.8, 4) is 11.1 Å². The van der Waals surface area contributed by atoms with Crippen LogP contribution >= 0.6 is 0 Å². The smallest absolute Gasteiger partial charge is 0.0568 e. The Balaban J connectivity index is 0.00000242. The van der Waals surface area contributed by atoms with Gasteiger partial charge in [-0.25, -0.2) is 0 Å². The van der Waals surface area contributed by atoms with E-state index in [2.05, 4.69) is 65.0 Å². The summed E-state index contributed by atoms with van der Waals surface area (Å²) in [5, 5.41) is 4.52. The van der Waals surface area contributed by atoms with Crippen LogP contribution in [0.15, 0.2) is 24.5 Å². The molecule has 22 heavy (non-hydrogen) atoms. The molecule has 0 atom stereocenters. The molecule has 1 heterocycles. The third-order valence-corrected chi connectivity index (χ3v) is 4.17. The molecule has 2 aromatic rings. The van der Waals surface area contributed by atoms with Crippen molar-refractivity contribution in [1.82, 2.24) is 9.78 Å². The van der Waals surface area contributed by atoms with Crippen molar-refractivity contribution in [3.05, 3.63) is 41.2 Å². The zero-order valence-electron chi connectivity index (χ0n) is 14.6. The second-order valence-corrected chi connectivity index (χ2v) is 6.38. The van der Waals surface area contributed by atoms with E-state index < -0.39 is 0 Å². The van der Waals surface area contributed by atoms with Crippen LogP contribution in [-0.4, -0.2) is 9.78 Å². The van der Waals surface area contributed by atoms with Gasteiger partial charge in [0.2, 0.25) is 0 Å². The molecule has 0 aliphatic rings. The topological polar surface area (TPSA) is 17.8 Å². The van der Waals surface area contributed by atoms with Gasteiger partial charge in [-0.15, -0.1) is 0 Å². The number of benzene rings is 1. The summed E-state index contributed by atoms with van der Waals surface area (Å²) in [5.74, 6) is 0.577. The average molecular weight is 480 g/mol. The fourth-order valence-corrected chi connectivity index (χ4v) is 2.81. The molecule has 0 fully saturated rings. The Morgan fingerprint density at radius 2 is 1.55 bits per heavy atom. The third kappa shape index (κ3) is 3.90. The summed E-state index contributed by atoms with van der Waals surface area (Å²) in [7, 11) is 0. The Kier molecular flexibility index (Phi) is 7.06. The molecule has 0 unspecified atom stereocenters. The summed E-state index contributed by atoms with van der Waals surface area (Å²) in [6, 6.07) is 5.17. The van der Waals surface area contributed by atoms with Crippen LogP contribution in [0.25, 0.3) is 11.1 Å². The normalized spacial score (nSPS) is 11.1. The fraction of sp³-hybridized carbons (Fsp3) is 0.526. The van der Waals surface area contributed by atoms with Crippen LogP contribution in [0.3, 0.4) is 0 Å². The number of hydrogen-bond acceptors (Lipinski definition) is 1. The van der Waals surface area contributed by atoms with Gasteiger partial charge in [0.15, 0.2) is 0 Å². The molecule has 0 bridgehead atoms. The molecule has 2 rings (SSSR count). The summed E-state index contributed by atoms with van der Waals surface area (Å²) < 4.78 is 2.05. The number of aromatic nitrogens is 2. The van der Waals surface area contributed by atoms with Crippen LogP contribution in [-0.2, 0) is 33.9 Å². The monoisotopic (exact) mass is 479 g/mol. The number of nitrogens with zero attached hydrogens (tertiary/aromatic N) is 2. The molecular formula is C19H28N2Pt. The third-order valence-electron chi connectivity index (χ3n) is 4.17. The molecule has 0 amide bonds. The maximum absolute atomic E-state index is 4.52. The minimum atomic E-state index is 0. The molecule has 2 nitrogen and oxygen atoms in total. The van der Waals surface area contributed by atoms with E-state index >= 15 is 0 Å². The quantitative estimate of drug-likeness (QED) is 0.563. The van der Waals surface area contributed by atoms with E-state index in [9.17, 15) is 0 Å².